The van der Waals surface area contributed by atoms with Gasteiger partial charge in [-0.05, 0) is 36.6 Å². The van der Waals surface area contributed by atoms with E-state index in [-0.39, 0.29) is 11.9 Å². The number of hydrogen-bond donors (Lipinski definition) is 1. The van der Waals surface area contributed by atoms with Crippen LogP contribution in [0.1, 0.15) is 23.2 Å². The number of amides is 2. The summed E-state index contributed by atoms with van der Waals surface area (Å²) in [5, 5.41) is 2.56. The number of piperidine rings is 1. The van der Waals surface area contributed by atoms with Crippen molar-refractivity contribution in [3.63, 3.8) is 0 Å². The van der Waals surface area contributed by atoms with Crippen molar-refractivity contribution in [3.8, 4) is 0 Å². The lowest BCUT2D eigenvalue weighted by atomic mass is 10.0. The lowest BCUT2D eigenvalue weighted by Crippen LogP contribution is -2.45. The molecule has 0 saturated carbocycles. The monoisotopic (exact) mass is 266 g/mol. The Morgan fingerprint density at radius 3 is 2.33 bits per heavy atom. The Kier molecular flexibility index (Phi) is 4.20. The number of hydrogen-bond acceptors (Lipinski definition) is 2. The Morgan fingerprint density at radius 2 is 1.78 bits per heavy atom. The Morgan fingerprint density at radius 1 is 1.17 bits per heavy atom. The molecule has 1 fully saturated rings. The van der Waals surface area contributed by atoms with Crippen LogP contribution in [-0.4, -0.2) is 35.3 Å². The number of carbonyl (C=O) groups excluding carboxylic acids is 2. The number of rotatable bonds is 2. The molecular weight excluding hydrogens is 252 g/mol. The highest BCUT2D eigenvalue weighted by molar-refractivity contribution is 6.62. The molecule has 1 saturated heterocycles. The highest BCUT2D eigenvalue weighted by Gasteiger charge is 2.22. The molecule has 0 aliphatic carbocycles. The molecule has 96 valence electrons. The fourth-order valence-electron chi connectivity index (χ4n) is 2.06. The smallest absolute Gasteiger partial charge is 0.316 e. The molecule has 1 aliphatic heterocycles. The van der Waals surface area contributed by atoms with Crippen molar-refractivity contribution in [1.82, 2.24) is 10.2 Å². The van der Waals surface area contributed by atoms with Gasteiger partial charge in [0.05, 0.1) is 0 Å². The number of nitrogens with zero attached hydrogens (tertiary/aromatic N) is 1. The van der Waals surface area contributed by atoms with E-state index in [9.17, 15) is 9.59 Å². The average Bonchev–Trinajstić information content (AvgIpc) is 2.40. The maximum atomic E-state index is 11.9. The second kappa shape index (κ2) is 5.87. The number of carbonyl (C=O) groups is 2. The standard InChI is InChI=1S/C13H15ClN2O2/c14-13(18)16-8-6-11(7-9-16)15-12(17)10-4-2-1-3-5-10/h1-5,11H,6-9H2,(H,15,17). The molecule has 0 atom stereocenters. The van der Waals surface area contributed by atoms with E-state index in [0.29, 0.717) is 18.7 Å². The van der Waals surface area contributed by atoms with Crippen LogP contribution in [0, 0.1) is 0 Å². The van der Waals surface area contributed by atoms with Gasteiger partial charge in [-0.25, -0.2) is 0 Å². The molecular formula is C13H15ClN2O2. The van der Waals surface area contributed by atoms with Crippen LogP contribution < -0.4 is 5.32 Å². The Balaban J connectivity index is 1.85. The Labute approximate surface area is 111 Å². The van der Waals surface area contributed by atoms with Crippen LogP contribution in [0.5, 0.6) is 0 Å². The number of benzene rings is 1. The quantitative estimate of drug-likeness (QED) is 0.659. The molecule has 0 bridgehead atoms. The molecule has 1 aromatic rings. The molecule has 1 heterocycles. The molecule has 1 aliphatic rings. The van der Waals surface area contributed by atoms with E-state index < -0.39 is 5.37 Å². The molecule has 0 radical (unpaired) electrons. The van der Waals surface area contributed by atoms with Gasteiger partial charge in [0.1, 0.15) is 0 Å². The summed E-state index contributed by atoms with van der Waals surface area (Å²) in [7, 11) is 0. The maximum absolute atomic E-state index is 11.9. The van der Waals surface area contributed by atoms with Crippen molar-refractivity contribution >= 4 is 22.9 Å². The largest absolute Gasteiger partial charge is 0.349 e. The highest BCUT2D eigenvalue weighted by Crippen LogP contribution is 2.13. The molecule has 4 nitrogen and oxygen atoms in total. The van der Waals surface area contributed by atoms with Crippen molar-refractivity contribution in [2.24, 2.45) is 0 Å². The molecule has 1 N–H and O–H groups in total. The van der Waals surface area contributed by atoms with Gasteiger partial charge in [-0.3, -0.25) is 9.59 Å². The maximum Gasteiger partial charge on any atom is 0.316 e. The summed E-state index contributed by atoms with van der Waals surface area (Å²) in [6, 6.07) is 9.23. The molecule has 0 unspecified atom stereocenters. The highest BCUT2D eigenvalue weighted by atomic mass is 35.5. The van der Waals surface area contributed by atoms with E-state index in [1.54, 1.807) is 17.0 Å². The van der Waals surface area contributed by atoms with Gasteiger partial charge in [0.2, 0.25) is 0 Å². The third kappa shape index (κ3) is 3.23. The first-order valence-electron chi connectivity index (χ1n) is 5.97. The van der Waals surface area contributed by atoms with Gasteiger partial charge in [0.25, 0.3) is 5.91 Å². The lowest BCUT2D eigenvalue weighted by molar-refractivity contribution is 0.0920. The van der Waals surface area contributed by atoms with E-state index in [1.807, 2.05) is 18.2 Å². The van der Waals surface area contributed by atoms with E-state index in [1.165, 1.54) is 0 Å². The Hall–Kier alpha value is -1.55. The normalized spacial score (nSPS) is 16.4. The van der Waals surface area contributed by atoms with Crippen LogP contribution in [0.4, 0.5) is 4.79 Å². The summed E-state index contributed by atoms with van der Waals surface area (Å²) >= 11 is 5.41. The minimum atomic E-state index is -0.414. The van der Waals surface area contributed by atoms with Crippen LogP contribution in [0.25, 0.3) is 0 Å². The van der Waals surface area contributed by atoms with Gasteiger partial charge in [0.15, 0.2) is 0 Å². The van der Waals surface area contributed by atoms with E-state index in [0.717, 1.165) is 12.8 Å². The summed E-state index contributed by atoms with van der Waals surface area (Å²) in [6.07, 6.45) is 1.49. The van der Waals surface area contributed by atoms with E-state index >= 15 is 0 Å². The SMILES string of the molecule is O=C(NC1CCN(C(=O)Cl)CC1)c1ccccc1. The summed E-state index contributed by atoms with van der Waals surface area (Å²) < 4.78 is 0. The van der Waals surface area contributed by atoms with Crippen molar-refractivity contribution in [2.45, 2.75) is 18.9 Å². The van der Waals surface area contributed by atoms with Crippen LogP contribution in [0.15, 0.2) is 30.3 Å². The molecule has 1 aromatic carbocycles. The van der Waals surface area contributed by atoms with Gasteiger partial charge in [-0.2, -0.15) is 0 Å². The Bertz CT molecular complexity index is 428. The second-order valence-corrected chi connectivity index (χ2v) is 4.68. The van der Waals surface area contributed by atoms with Crippen LogP contribution >= 0.6 is 11.6 Å². The molecule has 2 amide bonds. The molecule has 0 aromatic heterocycles. The van der Waals surface area contributed by atoms with Gasteiger partial charge in [-0.15, -0.1) is 0 Å². The molecule has 0 spiro atoms. The van der Waals surface area contributed by atoms with Gasteiger partial charge < -0.3 is 10.2 Å². The molecule has 5 heteroatoms. The fourth-order valence-corrected chi connectivity index (χ4v) is 2.23. The molecule has 18 heavy (non-hydrogen) atoms. The third-order valence-corrected chi connectivity index (χ3v) is 3.35. The average molecular weight is 267 g/mol. The predicted octanol–water partition coefficient (Wildman–Crippen LogP) is 2.24. The number of likely N-dealkylation sites (tertiary alicyclic amines) is 1. The van der Waals surface area contributed by atoms with Gasteiger partial charge >= 0.3 is 5.37 Å². The van der Waals surface area contributed by atoms with Crippen molar-refractivity contribution in [3.05, 3.63) is 35.9 Å². The fraction of sp³-hybridized carbons (Fsp3) is 0.385. The second-order valence-electron chi connectivity index (χ2n) is 4.35. The summed E-state index contributed by atoms with van der Waals surface area (Å²) in [6.45, 7) is 1.20. The van der Waals surface area contributed by atoms with Crippen molar-refractivity contribution in [2.75, 3.05) is 13.1 Å². The van der Waals surface area contributed by atoms with E-state index in [4.69, 9.17) is 11.6 Å². The zero-order valence-electron chi connectivity index (χ0n) is 9.93. The first-order chi connectivity index (χ1) is 8.66. The lowest BCUT2D eigenvalue weighted by Gasteiger charge is -2.30. The van der Waals surface area contributed by atoms with E-state index in [2.05, 4.69) is 5.32 Å². The zero-order valence-corrected chi connectivity index (χ0v) is 10.7. The first kappa shape index (κ1) is 12.9. The number of nitrogens with one attached hydrogen (secondary N) is 1. The minimum absolute atomic E-state index is 0.0637. The summed E-state index contributed by atoms with van der Waals surface area (Å²) in [4.78, 5) is 24.5. The predicted molar refractivity (Wildman–Crippen MR) is 69.8 cm³/mol. The summed E-state index contributed by atoms with van der Waals surface area (Å²) in [5.74, 6) is -0.0637. The van der Waals surface area contributed by atoms with Gasteiger partial charge in [0, 0.05) is 24.7 Å². The zero-order chi connectivity index (χ0) is 13.0. The van der Waals surface area contributed by atoms with Crippen LogP contribution in [0.3, 0.4) is 0 Å². The first-order valence-corrected chi connectivity index (χ1v) is 6.35. The van der Waals surface area contributed by atoms with Crippen LogP contribution in [-0.2, 0) is 0 Å². The summed E-state index contributed by atoms with van der Waals surface area (Å²) in [5.41, 5.74) is 0.661. The number of halogens is 1. The van der Waals surface area contributed by atoms with Gasteiger partial charge in [-0.1, -0.05) is 18.2 Å². The van der Waals surface area contributed by atoms with Crippen molar-refractivity contribution in [1.29, 1.82) is 0 Å². The third-order valence-electron chi connectivity index (χ3n) is 3.11. The minimum Gasteiger partial charge on any atom is -0.349 e. The molecule has 2 rings (SSSR count). The topological polar surface area (TPSA) is 49.4 Å². The van der Waals surface area contributed by atoms with Crippen molar-refractivity contribution < 1.29 is 9.59 Å². The van der Waals surface area contributed by atoms with Crippen LogP contribution in [0.2, 0.25) is 0 Å².